The van der Waals surface area contributed by atoms with Gasteiger partial charge in [-0.25, -0.2) is 17.6 Å². The van der Waals surface area contributed by atoms with Crippen molar-refractivity contribution in [3.63, 3.8) is 0 Å². The average Bonchev–Trinajstić information content (AvgIpc) is 2.45. The van der Waals surface area contributed by atoms with Crippen molar-refractivity contribution in [2.45, 2.75) is 4.90 Å². The van der Waals surface area contributed by atoms with E-state index < -0.39 is 26.7 Å². The van der Waals surface area contributed by atoms with Gasteiger partial charge in [-0.3, -0.25) is 4.72 Å². The highest BCUT2D eigenvalue weighted by molar-refractivity contribution is 7.92. The molecule has 0 heterocycles. The summed E-state index contributed by atoms with van der Waals surface area (Å²) in [5, 5.41) is 0.0872. The van der Waals surface area contributed by atoms with Gasteiger partial charge in [0.15, 0.2) is 0 Å². The van der Waals surface area contributed by atoms with E-state index in [2.05, 4.69) is 9.46 Å². The van der Waals surface area contributed by atoms with Gasteiger partial charge < -0.3 is 4.74 Å². The predicted octanol–water partition coefficient (Wildman–Crippen LogP) is 3.07. The molecular formula is C14H11ClFNO4S. The maximum Gasteiger partial charge on any atom is 0.337 e. The number of carbonyl (C=O) groups excluding carboxylic acids is 1. The molecule has 0 fully saturated rings. The van der Waals surface area contributed by atoms with Gasteiger partial charge in [0.2, 0.25) is 0 Å². The Hall–Kier alpha value is -2.12. The monoisotopic (exact) mass is 343 g/mol. The first-order valence-electron chi connectivity index (χ1n) is 6.00. The fraction of sp³-hybridized carbons (Fsp3) is 0.0714. The molecule has 2 aromatic carbocycles. The highest BCUT2D eigenvalue weighted by Gasteiger charge is 2.20. The van der Waals surface area contributed by atoms with E-state index in [4.69, 9.17) is 11.6 Å². The fourth-order valence-electron chi connectivity index (χ4n) is 1.73. The molecule has 2 aromatic rings. The zero-order chi connectivity index (χ0) is 16.3. The van der Waals surface area contributed by atoms with Crippen LogP contribution in [0.2, 0.25) is 5.02 Å². The molecule has 22 heavy (non-hydrogen) atoms. The number of halogens is 2. The molecule has 5 nitrogen and oxygen atoms in total. The van der Waals surface area contributed by atoms with Gasteiger partial charge in [-0.2, -0.15) is 0 Å². The largest absolute Gasteiger partial charge is 0.465 e. The molecule has 2 rings (SSSR count). The molecule has 0 amide bonds. The molecule has 0 aliphatic heterocycles. The van der Waals surface area contributed by atoms with Crippen molar-refractivity contribution < 1.29 is 22.3 Å². The first-order chi connectivity index (χ1) is 10.3. The number of hydrogen-bond donors (Lipinski definition) is 1. The summed E-state index contributed by atoms with van der Waals surface area (Å²) in [6.45, 7) is 0. The Balaban J connectivity index is 2.35. The minimum Gasteiger partial charge on any atom is -0.465 e. The third-order valence-corrected chi connectivity index (χ3v) is 4.37. The zero-order valence-electron chi connectivity index (χ0n) is 11.3. The first kappa shape index (κ1) is 16.3. The summed E-state index contributed by atoms with van der Waals surface area (Å²) >= 11 is 5.59. The van der Waals surface area contributed by atoms with Gasteiger partial charge in [0.05, 0.1) is 12.7 Å². The van der Waals surface area contributed by atoms with Crippen molar-refractivity contribution in [3.8, 4) is 0 Å². The smallest absolute Gasteiger partial charge is 0.337 e. The highest BCUT2D eigenvalue weighted by atomic mass is 35.5. The lowest BCUT2D eigenvalue weighted by Gasteiger charge is -2.10. The van der Waals surface area contributed by atoms with Crippen LogP contribution in [0.4, 0.5) is 10.1 Å². The summed E-state index contributed by atoms with van der Waals surface area (Å²) < 4.78 is 44.8. The SMILES string of the molecule is COC(=O)c1cccc(NS(=O)(=O)c2ccc(Cl)cc2F)c1. The van der Waals surface area contributed by atoms with Crippen LogP contribution in [0, 0.1) is 5.82 Å². The first-order valence-corrected chi connectivity index (χ1v) is 7.86. The molecule has 0 radical (unpaired) electrons. The maximum absolute atomic E-state index is 13.7. The second-order valence-corrected chi connectivity index (χ2v) is 6.34. The standard InChI is InChI=1S/C14H11ClFNO4S/c1-21-14(18)9-3-2-4-11(7-9)17-22(19,20)13-6-5-10(15)8-12(13)16/h2-8,17H,1H3. The summed E-state index contributed by atoms with van der Waals surface area (Å²) in [5.74, 6) is -1.58. The third-order valence-electron chi connectivity index (χ3n) is 2.72. The van der Waals surface area contributed by atoms with Gasteiger partial charge >= 0.3 is 5.97 Å². The molecule has 0 saturated carbocycles. The molecule has 0 bridgehead atoms. The van der Waals surface area contributed by atoms with E-state index in [9.17, 15) is 17.6 Å². The minimum atomic E-state index is -4.15. The summed E-state index contributed by atoms with van der Waals surface area (Å²) in [5.41, 5.74) is 0.275. The van der Waals surface area contributed by atoms with Crippen LogP contribution in [0.5, 0.6) is 0 Å². The Labute approximate surface area is 131 Å². The Morgan fingerprint density at radius 3 is 2.59 bits per heavy atom. The molecule has 116 valence electrons. The minimum absolute atomic E-state index is 0.0872. The number of rotatable bonds is 4. The maximum atomic E-state index is 13.7. The number of methoxy groups -OCH3 is 1. The molecular weight excluding hydrogens is 333 g/mol. The quantitative estimate of drug-likeness (QED) is 0.866. The van der Waals surface area contributed by atoms with E-state index in [0.29, 0.717) is 0 Å². The van der Waals surface area contributed by atoms with E-state index in [1.807, 2.05) is 0 Å². The molecule has 0 unspecified atom stereocenters. The number of esters is 1. The molecule has 1 N–H and O–H groups in total. The molecule has 0 aliphatic rings. The van der Waals surface area contributed by atoms with Gasteiger partial charge in [-0.15, -0.1) is 0 Å². The average molecular weight is 344 g/mol. The topological polar surface area (TPSA) is 72.5 Å². The fourth-order valence-corrected chi connectivity index (χ4v) is 3.00. The van der Waals surface area contributed by atoms with Crippen molar-refractivity contribution in [2.24, 2.45) is 0 Å². The Bertz CT molecular complexity index is 823. The highest BCUT2D eigenvalue weighted by Crippen LogP contribution is 2.22. The van der Waals surface area contributed by atoms with Crippen LogP contribution in [-0.4, -0.2) is 21.5 Å². The van der Waals surface area contributed by atoms with Crippen LogP contribution in [0.1, 0.15) is 10.4 Å². The predicted molar refractivity (Wildman–Crippen MR) is 80.0 cm³/mol. The number of benzene rings is 2. The second kappa shape index (κ2) is 6.33. The van der Waals surface area contributed by atoms with Gasteiger partial charge in [0.25, 0.3) is 10.0 Å². The Morgan fingerprint density at radius 2 is 1.95 bits per heavy atom. The molecule has 0 aliphatic carbocycles. The number of anilines is 1. The Kier molecular flexibility index (Phi) is 4.68. The second-order valence-electron chi connectivity index (χ2n) is 4.25. The van der Waals surface area contributed by atoms with Crippen molar-refractivity contribution in [1.29, 1.82) is 0 Å². The lowest BCUT2D eigenvalue weighted by molar-refractivity contribution is 0.0601. The number of ether oxygens (including phenoxy) is 1. The van der Waals surface area contributed by atoms with Crippen LogP contribution in [0.25, 0.3) is 0 Å². The number of hydrogen-bond acceptors (Lipinski definition) is 4. The summed E-state index contributed by atoms with van der Waals surface area (Å²) in [6.07, 6.45) is 0. The number of nitrogens with one attached hydrogen (secondary N) is 1. The molecule has 0 saturated heterocycles. The van der Waals surface area contributed by atoms with E-state index in [-0.39, 0.29) is 16.3 Å². The van der Waals surface area contributed by atoms with Crippen LogP contribution in [-0.2, 0) is 14.8 Å². The van der Waals surface area contributed by atoms with Gasteiger partial charge in [0, 0.05) is 10.7 Å². The number of carbonyl (C=O) groups is 1. The molecule has 0 spiro atoms. The van der Waals surface area contributed by atoms with Gasteiger partial charge in [-0.1, -0.05) is 17.7 Å². The van der Waals surface area contributed by atoms with E-state index >= 15 is 0 Å². The van der Waals surface area contributed by atoms with Crippen LogP contribution in [0.3, 0.4) is 0 Å². The van der Waals surface area contributed by atoms with Crippen molar-refractivity contribution in [3.05, 3.63) is 58.9 Å². The molecule has 0 atom stereocenters. The van der Waals surface area contributed by atoms with E-state index in [0.717, 1.165) is 12.1 Å². The van der Waals surface area contributed by atoms with Gasteiger partial charge in [0.1, 0.15) is 10.7 Å². The van der Waals surface area contributed by atoms with Crippen LogP contribution >= 0.6 is 11.6 Å². The van der Waals surface area contributed by atoms with Crippen molar-refractivity contribution in [1.82, 2.24) is 0 Å². The third kappa shape index (κ3) is 3.55. The van der Waals surface area contributed by atoms with Crippen molar-refractivity contribution >= 4 is 33.3 Å². The Morgan fingerprint density at radius 1 is 1.23 bits per heavy atom. The molecule has 8 heteroatoms. The van der Waals surface area contributed by atoms with Crippen LogP contribution < -0.4 is 4.72 Å². The summed E-state index contributed by atoms with van der Waals surface area (Å²) in [4.78, 5) is 10.9. The zero-order valence-corrected chi connectivity index (χ0v) is 12.9. The van der Waals surface area contributed by atoms with Crippen molar-refractivity contribution in [2.75, 3.05) is 11.8 Å². The van der Waals surface area contributed by atoms with E-state index in [1.165, 1.54) is 37.4 Å². The van der Waals surface area contributed by atoms with Crippen LogP contribution in [0.15, 0.2) is 47.4 Å². The summed E-state index contributed by atoms with van der Waals surface area (Å²) in [6, 6.07) is 8.89. The summed E-state index contributed by atoms with van der Waals surface area (Å²) in [7, 11) is -2.94. The van der Waals surface area contributed by atoms with E-state index in [1.54, 1.807) is 0 Å². The lowest BCUT2D eigenvalue weighted by atomic mass is 10.2. The lowest BCUT2D eigenvalue weighted by Crippen LogP contribution is -2.15. The van der Waals surface area contributed by atoms with Gasteiger partial charge in [-0.05, 0) is 36.4 Å². The normalized spacial score (nSPS) is 11.0. The molecule has 0 aromatic heterocycles. The number of sulfonamides is 1.